The lowest BCUT2D eigenvalue weighted by molar-refractivity contribution is 0.0329. The Balaban J connectivity index is 1.80. The van der Waals surface area contributed by atoms with Gasteiger partial charge in [-0.15, -0.1) is 0 Å². The molecule has 1 aromatic heterocycles. The third kappa shape index (κ3) is 5.94. The molecule has 0 aliphatic rings. The van der Waals surface area contributed by atoms with Crippen LogP contribution in [-0.2, 0) is 11.3 Å². The SMILES string of the molecule is COc1ccc(N(C)c2nc(COCC(C)(C)CC(C)(C)C(N)=NO)nc3ccccc23)cc1. The van der Waals surface area contributed by atoms with Gasteiger partial charge in [-0.05, 0) is 48.2 Å². The molecule has 34 heavy (non-hydrogen) atoms. The van der Waals surface area contributed by atoms with Crippen LogP contribution in [0.3, 0.4) is 0 Å². The number of methoxy groups -OCH3 is 1. The summed E-state index contributed by atoms with van der Waals surface area (Å²) >= 11 is 0. The number of oxime groups is 1. The van der Waals surface area contributed by atoms with Crippen LogP contribution in [0.2, 0.25) is 0 Å². The first-order chi connectivity index (χ1) is 16.1. The average Bonchev–Trinajstić information content (AvgIpc) is 2.81. The molecule has 3 rings (SSSR count). The molecule has 0 fully saturated rings. The third-order valence-electron chi connectivity index (χ3n) is 5.85. The fourth-order valence-corrected chi connectivity index (χ4v) is 4.25. The maximum atomic E-state index is 9.06. The molecular weight excluding hydrogens is 430 g/mol. The molecule has 182 valence electrons. The van der Waals surface area contributed by atoms with Gasteiger partial charge in [0.1, 0.15) is 24.0 Å². The first-order valence-electron chi connectivity index (χ1n) is 11.3. The molecule has 0 spiro atoms. The van der Waals surface area contributed by atoms with Gasteiger partial charge in [0, 0.05) is 23.5 Å². The summed E-state index contributed by atoms with van der Waals surface area (Å²) in [6, 6.07) is 15.8. The van der Waals surface area contributed by atoms with E-state index in [1.807, 2.05) is 74.3 Å². The second-order valence-corrected chi connectivity index (χ2v) is 9.94. The normalized spacial score (nSPS) is 12.7. The molecular formula is C26H35N5O3. The monoisotopic (exact) mass is 465 g/mol. The predicted molar refractivity (Wildman–Crippen MR) is 136 cm³/mol. The molecule has 0 unspecified atom stereocenters. The molecule has 2 aromatic carbocycles. The van der Waals surface area contributed by atoms with Gasteiger partial charge in [-0.2, -0.15) is 0 Å². The minimum absolute atomic E-state index is 0.196. The highest BCUT2D eigenvalue weighted by Crippen LogP contribution is 2.34. The first kappa shape index (κ1) is 25.2. The van der Waals surface area contributed by atoms with E-state index in [1.54, 1.807) is 7.11 Å². The van der Waals surface area contributed by atoms with Gasteiger partial charge in [0.05, 0.1) is 19.2 Å². The number of fused-ring (bicyclic) bond motifs is 1. The van der Waals surface area contributed by atoms with E-state index in [1.165, 1.54) is 0 Å². The molecule has 8 nitrogen and oxygen atoms in total. The molecule has 0 bridgehead atoms. The molecule has 0 amide bonds. The van der Waals surface area contributed by atoms with Crippen LogP contribution in [-0.4, -0.2) is 41.8 Å². The zero-order chi connectivity index (χ0) is 24.9. The Morgan fingerprint density at radius 1 is 1.06 bits per heavy atom. The standard InChI is InChI=1S/C26H35N5O3/c1-25(2,16-26(3,4)24(27)30-32)17-34-15-22-28-21-10-8-7-9-20(21)23(29-22)31(5)18-11-13-19(33-6)14-12-18/h7-14,32H,15-17H2,1-6H3,(H2,27,30). The highest BCUT2D eigenvalue weighted by molar-refractivity contribution is 5.91. The van der Waals surface area contributed by atoms with E-state index < -0.39 is 5.41 Å². The smallest absolute Gasteiger partial charge is 0.157 e. The molecule has 0 aliphatic heterocycles. The molecule has 1 heterocycles. The molecule has 3 N–H and O–H groups in total. The van der Waals surface area contributed by atoms with Gasteiger partial charge in [0.25, 0.3) is 0 Å². The lowest BCUT2D eigenvalue weighted by atomic mass is 9.75. The molecule has 8 heteroatoms. The van der Waals surface area contributed by atoms with E-state index in [-0.39, 0.29) is 17.9 Å². The Morgan fingerprint density at radius 2 is 1.74 bits per heavy atom. The summed E-state index contributed by atoms with van der Waals surface area (Å²) in [6.45, 7) is 8.87. The lowest BCUT2D eigenvalue weighted by Gasteiger charge is -2.33. The van der Waals surface area contributed by atoms with E-state index in [2.05, 4.69) is 19.0 Å². The quantitative estimate of drug-likeness (QED) is 0.185. The Labute approximate surface area is 201 Å². The van der Waals surface area contributed by atoms with Crippen LogP contribution < -0.4 is 15.4 Å². The van der Waals surface area contributed by atoms with Crippen molar-refractivity contribution >= 4 is 28.2 Å². The average molecular weight is 466 g/mol. The van der Waals surface area contributed by atoms with Crippen molar-refractivity contribution in [3.05, 3.63) is 54.4 Å². The number of nitrogens with zero attached hydrogens (tertiary/aromatic N) is 4. The maximum Gasteiger partial charge on any atom is 0.157 e. The summed E-state index contributed by atoms with van der Waals surface area (Å²) in [4.78, 5) is 11.6. The van der Waals surface area contributed by atoms with Crippen LogP contribution in [0, 0.1) is 10.8 Å². The van der Waals surface area contributed by atoms with Crippen LogP contribution in [0.25, 0.3) is 10.9 Å². The lowest BCUT2D eigenvalue weighted by Crippen LogP contribution is -2.37. The fraction of sp³-hybridized carbons (Fsp3) is 0.423. The van der Waals surface area contributed by atoms with E-state index >= 15 is 0 Å². The van der Waals surface area contributed by atoms with E-state index in [0.29, 0.717) is 18.9 Å². The van der Waals surface area contributed by atoms with Crippen molar-refractivity contribution in [2.45, 2.75) is 40.7 Å². The van der Waals surface area contributed by atoms with E-state index in [0.717, 1.165) is 28.2 Å². The minimum Gasteiger partial charge on any atom is -0.497 e. The van der Waals surface area contributed by atoms with Gasteiger partial charge in [0.2, 0.25) is 0 Å². The summed E-state index contributed by atoms with van der Waals surface area (Å²) in [7, 11) is 3.64. The van der Waals surface area contributed by atoms with Crippen molar-refractivity contribution in [1.82, 2.24) is 9.97 Å². The summed E-state index contributed by atoms with van der Waals surface area (Å²) in [5, 5.41) is 13.2. The van der Waals surface area contributed by atoms with Crippen LogP contribution in [0.1, 0.15) is 39.9 Å². The predicted octanol–water partition coefficient (Wildman–Crippen LogP) is 5.11. The highest BCUT2D eigenvalue weighted by atomic mass is 16.5. The molecule has 0 radical (unpaired) electrons. The highest BCUT2D eigenvalue weighted by Gasteiger charge is 2.32. The zero-order valence-electron chi connectivity index (χ0n) is 20.9. The third-order valence-corrected chi connectivity index (χ3v) is 5.85. The molecule has 0 aliphatic carbocycles. The summed E-state index contributed by atoms with van der Waals surface area (Å²) in [6.07, 6.45) is 0.694. The zero-order valence-corrected chi connectivity index (χ0v) is 20.9. The number of hydrogen-bond acceptors (Lipinski definition) is 7. The summed E-state index contributed by atoms with van der Waals surface area (Å²) in [5.74, 6) is 2.43. The van der Waals surface area contributed by atoms with Crippen molar-refractivity contribution < 1.29 is 14.7 Å². The number of para-hydroxylation sites is 1. The number of nitrogens with two attached hydrogens (primary N) is 1. The van der Waals surface area contributed by atoms with Gasteiger partial charge in [-0.3, -0.25) is 0 Å². The minimum atomic E-state index is -0.449. The Bertz CT molecular complexity index is 1140. The first-order valence-corrected chi connectivity index (χ1v) is 11.3. The second-order valence-electron chi connectivity index (χ2n) is 9.94. The van der Waals surface area contributed by atoms with Crippen molar-refractivity contribution in [2.24, 2.45) is 21.7 Å². The van der Waals surface area contributed by atoms with Gasteiger partial charge in [0.15, 0.2) is 5.82 Å². The number of aromatic nitrogens is 2. The largest absolute Gasteiger partial charge is 0.497 e. The number of benzene rings is 2. The molecule has 0 saturated heterocycles. The Morgan fingerprint density at radius 3 is 2.38 bits per heavy atom. The molecule has 3 aromatic rings. The Kier molecular flexibility index (Phi) is 7.61. The fourth-order valence-electron chi connectivity index (χ4n) is 4.25. The number of amidine groups is 1. The van der Waals surface area contributed by atoms with Crippen LogP contribution in [0.15, 0.2) is 53.7 Å². The van der Waals surface area contributed by atoms with Crippen molar-refractivity contribution in [2.75, 3.05) is 25.7 Å². The molecule has 0 saturated carbocycles. The number of hydrogen-bond donors (Lipinski definition) is 2. The van der Waals surface area contributed by atoms with Crippen LogP contribution in [0.5, 0.6) is 5.75 Å². The topological polar surface area (TPSA) is 106 Å². The summed E-state index contributed by atoms with van der Waals surface area (Å²) < 4.78 is 11.3. The second kappa shape index (κ2) is 10.3. The van der Waals surface area contributed by atoms with Crippen molar-refractivity contribution in [1.29, 1.82) is 0 Å². The van der Waals surface area contributed by atoms with Gasteiger partial charge in [-0.25, -0.2) is 9.97 Å². The van der Waals surface area contributed by atoms with E-state index in [4.69, 9.17) is 30.4 Å². The van der Waals surface area contributed by atoms with Crippen molar-refractivity contribution in [3.8, 4) is 5.75 Å². The van der Waals surface area contributed by atoms with Crippen LogP contribution >= 0.6 is 0 Å². The number of anilines is 2. The van der Waals surface area contributed by atoms with Crippen LogP contribution in [0.4, 0.5) is 11.5 Å². The number of ether oxygens (including phenoxy) is 2. The van der Waals surface area contributed by atoms with Gasteiger partial charge in [-0.1, -0.05) is 45.0 Å². The number of rotatable bonds is 10. The summed E-state index contributed by atoms with van der Waals surface area (Å²) in [5.41, 5.74) is 7.07. The van der Waals surface area contributed by atoms with E-state index in [9.17, 15) is 0 Å². The van der Waals surface area contributed by atoms with Gasteiger partial charge >= 0.3 is 0 Å². The van der Waals surface area contributed by atoms with Crippen molar-refractivity contribution in [3.63, 3.8) is 0 Å². The molecule has 0 atom stereocenters. The van der Waals surface area contributed by atoms with Gasteiger partial charge < -0.3 is 25.3 Å². The Hall–Kier alpha value is -3.39. The maximum absolute atomic E-state index is 9.06.